The lowest BCUT2D eigenvalue weighted by Gasteiger charge is -1.97. The Bertz CT molecular complexity index is 689. The zero-order valence-electron chi connectivity index (χ0n) is 10.1. The normalized spacial score (nSPS) is 10.3. The average Bonchev–Trinajstić information content (AvgIpc) is 2.98. The molecule has 3 rings (SSSR count). The molecule has 0 atom stereocenters. The summed E-state index contributed by atoms with van der Waals surface area (Å²) in [6.07, 6.45) is 1.76. The Morgan fingerprint density at radius 1 is 0.895 bits per heavy atom. The second-order valence-electron chi connectivity index (χ2n) is 4.07. The molecule has 0 bridgehead atoms. The van der Waals surface area contributed by atoms with Crippen molar-refractivity contribution in [2.75, 3.05) is 0 Å². The molecule has 0 unspecified atom stereocenters. The number of carbonyl (C=O) groups is 1. The molecule has 0 aliphatic carbocycles. The lowest BCUT2D eigenvalue weighted by Crippen LogP contribution is -1.97. The van der Waals surface area contributed by atoms with Gasteiger partial charge in [0.2, 0.25) is 5.78 Å². The average molecular weight is 265 g/mol. The van der Waals surface area contributed by atoms with Crippen molar-refractivity contribution in [1.29, 1.82) is 0 Å². The minimum Gasteiger partial charge on any atom is -0.288 e. The van der Waals surface area contributed by atoms with Crippen LogP contribution in [0, 0.1) is 0 Å². The van der Waals surface area contributed by atoms with Crippen LogP contribution >= 0.6 is 11.3 Å². The molecule has 3 heteroatoms. The predicted molar refractivity (Wildman–Crippen MR) is 77.4 cm³/mol. The molecule has 2 aromatic heterocycles. The molecule has 19 heavy (non-hydrogen) atoms. The molecule has 2 nitrogen and oxygen atoms in total. The Kier molecular flexibility index (Phi) is 3.21. The molecule has 0 amide bonds. The smallest absolute Gasteiger partial charge is 0.202 e. The zero-order valence-corrected chi connectivity index (χ0v) is 10.9. The summed E-state index contributed by atoms with van der Waals surface area (Å²) in [5.74, 6) is 0.0628. The maximum Gasteiger partial charge on any atom is 0.202 e. The van der Waals surface area contributed by atoms with E-state index >= 15 is 0 Å². The summed E-state index contributed by atoms with van der Waals surface area (Å²) in [6, 6.07) is 18.9. The predicted octanol–water partition coefficient (Wildman–Crippen LogP) is 4.04. The topological polar surface area (TPSA) is 30.0 Å². The molecule has 0 radical (unpaired) electrons. The first-order chi connectivity index (χ1) is 9.34. The number of hydrogen-bond acceptors (Lipinski definition) is 3. The fraction of sp³-hybridized carbons (Fsp3) is 0. The van der Waals surface area contributed by atoms with Crippen LogP contribution in [0.5, 0.6) is 0 Å². The van der Waals surface area contributed by atoms with E-state index in [4.69, 9.17) is 0 Å². The van der Waals surface area contributed by atoms with Gasteiger partial charge in [-0.25, -0.2) is 0 Å². The lowest BCUT2D eigenvalue weighted by atomic mass is 10.1. The molecule has 0 saturated heterocycles. The molecule has 0 spiro atoms. The van der Waals surface area contributed by atoms with E-state index in [0.29, 0.717) is 0 Å². The molecule has 0 aliphatic heterocycles. The number of pyridine rings is 1. The standard InChI is InChI=1S/C16H11NOS/c18-16(12-6-2-1-3-7-12)15-10-9-14(19-15)13-8-4-5-11-17-13/h1-11H. The third kappa shape index (κ3) is 2.46. The summed E-state index contributed by atoms with van der Waals surface area (Å²) in [4.78, 5) is 18.3. The van der Waals surface area contributed by atoms with Crippen LogP contribution in [0.3, 0.4) is 0 Å². The van der Waals surface area contributed by atoms with Crippen LogP contribution in [0.15, 0.2) is 66.9 Å². The van der Waals surface area contributed by atoms with Crippen molar-refractivity contribution in [3.05, 3.63) is 77.3 Å². The number of thiophene rings is 1. The van der Waals surface area contributed by atoms with Crippen LogP contribution in [0.25, 0.3) is 10.6 Å². The molecule has 3 aromatic rings. The first kappa shape index (κ1) is 11.8. The summed E-state index contributed by atoms with van der Waals surface area (Å²) in [5, 5.41) is 0. The first-order valence-corrected chi connectivity index (χ1v) is 6.77. The number of carbonyl (C=O) groups excluding carboxylic acids is 1. The maximum atomic E-state index is 12.3. The van der Waals surface area contributed by atoms with E-state index in [0.717, 1.165) is 21.0 Å². The van der Waals surface area contributed by atoms with Crippen LogP contribution in [-0.4, -0.2) is 10.8 Å². The molecular weight excluding hydrogens is 254 g/mol. The van der Waals surface area contributed by atoms with Gasteiger partial charge in [-0.1, -0.05) is 36.4 Å². The van der Waals surface area contributed by atoms with Gasteiger partial charge in [0, 0.05) is 11.8 Å². The quantitative estimate of drug-likeness (QED) is 0.669. The van der Waals surface area contributed by atoms with Crippen molar-refractivity contribution in [3.63, 3.8) is 0 Å². The van der Waals surface area contributed by atoms with Gasteiger partial charge in [-0.2, -0.15) is 0 Å². The summed E-state index contributed by atoms with van der Waals surface area (Å²) in [5.41, 5.74) is 1.62. The second kappa shape index (κ2) is 5.16. The summed E-state index contributed by atoms with van der Waals surface area (Å²) >= 11 is 1.48. The molecule has 0 saturated carbocycles. The van der Waals surface area contributed by atoms with Gasteiger partial charge in [-0.05, 0) is 24.3 Å². The first-order valence-electron chi connectivity index (χ1n) is 5.95. The van der Waals surface area contributed by atoms with Crippen molar-refractivity contribution >= 4 is 17.1 Å². The van der Waals surface area contributed by atoms with E-state index in [1.54, 1.807) is 6.20 Å². The molecule has 1 aromatic carbocycles. The van der Waals surface area contributed by atoms with Crippen LogP contribution < -0.4 is 0 Å². The Morgan fingerprint density at radius 2 is 1.68 bits per heavy atom. The highest BCUT2D eigenvalue weighted by atomic mass is 32.1. The van der Waals surface area contributed by atoms with E-state index in [1.165, 1.54) is 11.3 Å². The monoisotopic (exact) mass is 265 g/mol. The molecule has 92 valence electrons. The SMILES string of the molecule is O=C(c1ccccc1)c1ccc(-c2ccccn2)s1. The van der Waals surface area contributed by atoms with Gasteiger partial charge in [0.15, 0.2) is 0 Å². The van der Waals surface area contributed by atoms with Gasteiger partial charge in [0.1, 0.15) is 0 Å². The van der Waals surface area contributed by atoms with E-state index in [1.807, 2.05) is 60.7 Å². The van der Waals surface area contributed by atoms with Crippen LogP contribution in [0.2, 0.25) is 0 Å². The Morgan fingerprint density at radius 3 is 2.42 bits per heavy atom. The highest BCUT2D eigenvalue weighted by Gasteiger charge is 2.12. The van der Waals surface area contributed by atoms with Crippen LogP contribution in [-0.2, 0) is 0 Å². The van der Waals surface area contributed by atoms with Crippen molar-refractivity contribution in [2.24, 2.45) is 0 Å². The largest absolute Gasteiger partial charge is 0.288 e. The summed E-state index contributed by atoms with van der Waals surface area (Å²) in [7, 11) is 0. The summed E-state index contributed by atoms with van der Waals surface area (Å²) < 4.78 is 0. The zero-order chi connectivity index (χ0) is 13.1. The van der Waals surface area contributed by atoms with E-state index in [9.17, 15) is 4.79 Å². The highest BCUT2D eigenvalue weighted by Crippen LogP contribution is 2.27. The van der Waals surface area contributed by atoms with Crippen molar-refractivity contribution in [3.8, 4) is 10.6 Å². The Hall–Kier alpha value is -2.26. The fourth-order valence-electron chi connectivity index (χ4n) is 1.84. The van der Waals surface area contributed by atoms with E-state index in [-0.39, 0.29) is 5.78 Å². The second-order valence-corrected chi connectivity index (χ2v) is 5.16. The van der Waals surface area contributed by atoms with Gasteiger partial charge in [-0.3, -0.25) is 9.78 Å². The molecule has 0 aliphatic rings. The lowest BCUT2D eigenvalue weighted by molar-refractivity contribution is 0.104. The van der Waals surface area contributed by atoms with Gasteiger partial charge in [-0.15, -0.1) is 11.3 Å². The number of ketones is 1. The highest BCUT2D eigenvalue weighted by molar-refractivity contribution is 7.17. The Labute approximate surface area is 115 Å². The van der Waals surface area contributed by atoms with Gasteiger partial charge < -0.3 is 0 Å². The number of rotatable bonds is 3. The third-order valence-corrected chi connectivity index (χ3v) is 3.89. The number of nitrogens with zero attached hydrogens (tertiary/aromatic N) is 1. The van der Waals surface area contributed by atoms with Gasteiger partial charge in [0.05, 0.1) is 15.4 Å². The molecular formula is C16H11NOS. The maximum absolute atomic E-state index is 12.3. The van der Waals surface area contributed by atoms with Gasteiger partial charge in [0.25, 0.3) is 0 Å². The van der Waals surface area contributed by atoms with Crippen molar-refractivity contribution in [2.45, 2.75) is 0 Å². The van der Waals surface area contributed by atoms with E-state index in [2.05, 4.69) is 4.98 Å². The third-order valence-electron chi connectivity index (χ3n) is 2.78. The van der Waals surface area contributed by atoms with Crippen LogP contribution in [0.1, 0.15) is 15.2 Å². The molecule has 0 fully saturated rings. The number of hydrogen-bond donors (Lipinski definition) is 0. The van der Waals surface area contributed by atoms with Crippen molar-refractivity contribution < 1.29 is 4.79 Å². The molecule has 0 N–H and O–H groups in total. The Balaban J connectivity index is 1.92. The van der Waals surface area contributed by atoms with E-state index < -0.39 is 0 Å². The summed E-state index contributed by atoms with van der Waals surface area (Å²) in [6.45, 7) is 0. The van der Waals surface area contributed by atoms with Crippen molar-refractivity contribution in [1.82, 2.24) is 4.98 Å². The number of benzene rings is 1. The van der Waals surface area contributed by atoms with Gasteiger partial charge >= 0.3 is 0 Å². The van der Waals surface area contributed by atoms with Crippen LogP contribution in [0.4, 0.5) is 0 Å². The minimum atomic E-state index is 0.0628. The number of aromatic nitrogens is 1. The fourth-order valence-corrected chi connectivity index (χ4v) is 2.78. The molecule has 2 heterocycles. The minimum absolute atomic E-state index is 0.0628.